The van der Waals surface area contributed by atoms with E-state index in [1.165, 1.54) is 0 Å². The molecule has 2 N–H and O–H groups in total. The highest BCUT2D eigenvalue weighted by Gasteiger charge is 2.36. The van der Waals surface area contributed by atoms with Crippen molar-refractivity contribution in [2.75, 3.05) is 0 Å². The zero-order valence-electron chi connectivity index (χ0n) is 14.0. The highest BCUT2D eigenvalue weighted by Crippen LogP contribution is 2.37. The molecule has 0 spiro atoms. The molecule has 1 rings (SSSR count). The average molecular weight is 341 g/mol. The number of carbonyl (C=O) groups is 2. The molecule has 2 unspecified atom stereocenters. The number of carboxylic acid groups (broad SMARTS) is 2. The fourth-order valence-corrected chi connectivity index (χ4v) is 2.45. The van der Waals surface area contributed by atoms with E-state index >= 15 is 0 Å². The Morgan fingerprint density at radius 3 is 1.96 bits per heavy atom. The molecule has 0 aromatic heterocycles. The third-order valence-electron chi connectivity index (χ3n) is 3.87. The Hall–Kier alpha value is -1.84. The molecule has 0 saturated heterocycles. The molecule has 0 bridgehead atoms. The van der Waals surface area contributed by atoms with E-state index in [4.69, 9.17) is 5.11 Å². The average Bonchev–Trinajstić information content (AvgIpc) is 2.53. The van der Waals surface area contributed by atoms with Crippen LogP contribution in [0.1, 0.15) is 79.7 Å². The SMILES string of the molecule is C.C.CC.CCC(CC(C)(CCC(=O)O)C(=O)O)c1ccccc1. The highest BCUT2D eigenvalue weighted by atomic mass is 16.4. The van der Waals surface area contributed by atoms with E-state index in [0.717, 1.165) is 12.0 Å². The highest BCUT2D eigenvalue weighted by molar-refractivity contribution is 5.75. The van der Waals surface area contributed by atoms with Gasteiger partial charge < -0.3 is 10.2 Å². The van der Waals surface area contributed by atoms with Crippen molar-refractivity contribution in [2.45, 2.75) is 74.1 Å². The largest absolute Gasteiger partial charge is 0.481 e. The Kier molecular flexibility index (Phi) is 15.3. The van der Waals surface area contributed by atoms with Crippen LogP contribution >= 0.6 is 0 Å². The fraction of sp³-hybridized carbons (Fsp3) is 0.600. The zero-order valence-corrected chi connectivity index (χ0v) is 14.0. The van der Waals surface area contributed by atoms with Gasteiger partial charge in [-0.25, -0.2) is 0 Å². The lowest BCUT2D eigenvalue weighted by Crippen LogP contribution is -2.30. The van der Waals surface area contributed by atoms with Crippen molar-refractivity contribution in [3.63, 3.8) is 0 Å². The number of carboxylic acids is 2. The van der Waals surface area contributed by atoms with Gasteiger partial charge in [0.2, 0.25) is 0 Å². The van der Waals surface area contributed by atoms with Crippen molar-refractivity contribution in [1.29, 1.82) is 0 Å². The predicted molar refractivity (Wildman–Crippen MR) is 102 cm³/mol. The Morgan fingerprint density at radius 2 is 1.58 bits per heavy atom. The molecule has 0 amide bonds. The van der Waals surface area contributed by atoms with Crippen LogP contribution in [0.3, 0.4) is 0 Å². The van der Waals surface area contributed by atoms with Crippen LogP contribution in [0.2, 0.25) is 0 Å². The van der Waals surface area contributed by atoms with Crippen molar-refractivity contribution in [3.8, 4) is 0 Å². The molecule has 24 heavy (non-hydrogen) atoms. The number of hydrogen-bond donors (Lipinski definition) is 2. The molecule has 0 aliphatic rings. The summed E-state index contributed by atoms with van der Waals surface area (Å²) in [6.45, 7) is 7.67. The standard InChI is InChI=1S/C16H22O4.C2H6.2CH4/c1-3-12(13-7-5-4-6-8-13)11-16(2,15(19)20)10-9-14(17)18;1-2;;/h4-8,12H,3,9-11H2,1-2H3,(H,17,18)(H,19,20);1-2H3;2*1H4. The van der Waals surface area contributed by atoms with Crippen LogP contribution < -0.4 is 0 Å². The minimum atomic E-state index is -1.01. The Bertz CT molecular complexity index is 456. The number of benzene rings is 1. The summed E-state index contributed by atoms with van der Waals surface area (Å²) in [6.07, 6.45) is 1.32. The van der Waals surface area contributed by atoms with Gasteiger partial charge >= 0.3 is 11.9 Å². The predicted octanol–water partition coefficient (Wildman–Crippen LogP) is 5.82. The lowest BCUT2D eigenvalue weighted by atomic mass is 9.74. The Labute approximate surface area is 147 Å². The molecule has 4 heteroatoms. The van der Waals surface area contributed by atoms with Gasteiger partial charge in [-0.2, -0.15) is 0 Å². The third-order valence-corrected chi connectivity index (χ3v) is 3.87. The minimum absolute atomic E-state index is 0. The van der Waals surface area contributed by atoms with Crippen LogP contribution in [0.5, 0.6) is 0 Å². The molecule has 1 aromatic carbocycles. The van der Waals surface area contributed by atoms with Crippen molar-refractivity contribution in [1.82, 2.24) is 0 Å². The summed E-state index contributed by atoms with van der Waals surface area (Å²) in [5.41, 5.74) is 0.104. The first-order valence-corrected chi connectivity index (χ1v) is 7.89. The van der Waals surface area contributed by atoms with Crippen LogP contribution in [-0.2, 0) is 9.59 Å². The molecule has 0 aliphatic heterocycles. The van der Waals surface area contributed by atoms with Crippen LogP contribution in [0.15, 0.2) is 30.3 Å². The van der Waals surface area contributed by atoms with Gasteiger partial charge in [-0.3, -0.25) is 9.59 Å². The van der Waals surface area contributed by atoms with Gasteiger partial charge in [-0.1, -0.05) is 66.0 Å². The lowest BCUT2D eigenvalue weighted by Gasteiger charge is -2.29. The van der Waals surface area contributed by atoms with E-state index in [2.05, 4.69) is 0 Å². The maximum Gasteiger partial charge on any atom is 0.309 e. The second-order valence-electron chi connectivity index (χ2n) is 5.48. The molecular weight excluding hydrogens is 304 g/mol. The van der Waals surface area contributed by atoms with Gasteiger partial charge in [0, 0.05) is 6.42 Å². The van der Waals surface area contributed by atoms with E-state index in [-0.39, 0.29) is 33.6 Å². The smallest absolute Gasteiger partial charge is 0.309 e. The lowest BCUT2D eigenvalue weighted by molar-refractivity contribution is -0.150. The molecule has 1 aromatic rings. The minimum Gasteiger partial charge on any atom is -0.481 e. The van der Waals surface area contributed by atoms with Crippen molar-refractivity contribution < 1.29 is 19.8 Å². The van der Waals surface area contributed by atoms with Crippen LogP contribution in [-0.4, -0.2) is 22.2 Å². The second kappa shape index (κ2) is 13.6. The molecule has 0 saturated carbocycles. The molecule has 0 radical (unpaired) electrons. The van der Waals surface area contributed by atoms with Crippen molar-refractivity contribution >= 4 is 11.9 Å². The first-order valence-electron chi connectivity index (χ1n) is 7.89. The van der Waals surface area contributed by atoms with E-state index in [0.29, 0.717) is 6.42 Å². The number of hydrogen-bond acceptors (Lipinski definition) is 2. The van der Waals surface area contributed by atoms with Gasteiger partial charge in [-0.05, 0) is 37.7 Å². The van der Waals surface area contributed by atoms with E-state index in [1.54, 1.807) is 6.92 Å². The summed E-state index contributed by atoms with van der Waals surface area (Å²) < 4.78 is 0. The molecule has 140 valence electrons. The summed E-state index contributed by atoms with van der Waals surface area (Å²) in [6, 6.07) is 9.79. The molecule has 2 atom stereocenters. The number of rotatable bonds is 8. The van der Waals surface area contributed by atoms with E-state index in [9.17, 15) is 14.7 Å². The molecule has 4 nitrogen and oxygen atoms in total. The second-order valence-corrected chi connectivity index (χ2v) is 5.48. The zero-order chi connectivity index (χ0) is 17.2. The maximum absolute atomic E-state index is 11.5. The summed E-state index contributed by atoms with van der Waals surface area (Å²) >= 11 is 0. The van der Waals surface area contributed by atoms with E-state index < -0.39 is 17.4 Å². The summed E-state index contributed by atoms with van der Waals surface area (Å²) in [4.78, 5) is 22.2. The fourth-order valence-electron chi connectivity index (χ4n) is 2.45. The normalized spacial score (nSPS) is 13.0. The first kappa shape index (κ1) is 27.0. The number of aliphatic carboxylic acids is 2. The Balaban J connectivity index is -0.00000106. The van der Waals surface area contributed by atoms with Gasteiger partial charge in [-0.15, -0.1) is 0 Å². The quantitative estimate of drug-likeness (QED) is 0.625. The molecular formula is C20H36O4. The van der Waals surface area contributed by atoms with Gasteiger partial charge in [0.1, 0.15) is 0 Å². The van der Waals surface area contributed by atoms with Crippen LogP contribution in [0.4, 0.5) is 0 Å². The topological polar surface area (TPSA) is 74.6 Å². The van der Waals surface area contributed by atoms with Crippen molar-refractivity contribution in [2.24, 2.45) is 5.41 Å². The summed E-state index contributed by atoms with van der Waals surface area (Å²) in [5.74, 6) is -1.75. The third kappa shape index (κ3) is 8.70. The molecule has 0 fully saturated rings. The molecule has 0 aliphatic carbocycles. The van der Waals surface area contributed by atoms with Gasteiger partial charge in [0.25, 0.3) is 0 Å². The van der Waals surface area contributed by atoms with E-state index in [1.807, 2.05) is 51.1 Å². The van der Waals surface area contributed by atoms with Crippen LogP contribution in [0.25, 0.3) is 0 Å². The van der Waals surface area contributed by atoms with Crippen LogP contribution in [0, 0.1) is 5.41 Å². The maximum atomic E-state index is 11.5. The molecule has 0 heterocycles. The van der Waals surface area contributed by atoms with Gasteiger partial charge in [0.15, 0.2) is 0 Å². The van der Waals surface area contributed by atoms with Crippen molar-refractivity contribution in [3.05, 3.63) is 35.9 Å². The summed E-state index contributed by atoms with van der Waals surface area (Å²) in [7, 11) is 0. The van der Waals surface area contributed by atoms with Gasteiger partial charge in [0.05, 0.1) is 5.41 Å². The Morgan fingerprint density at radius 1 is 1.08 bits per heavy atom. The first-order chi connectivity index (χ1) is 10.4. The monoisotopic (exact) mass is 340 g/mol. The summed E-state index contributed by atoms with van der Waals surface area (Å²) in [5, 5.41) is 18.2.